The number of thioether (sulfide) groups is 1. The Morgan fingerprint density at radius 2 is 1.51 bits per heavy atom. The number of para-hydroxylation sites is 2. The van der Waals surface area contributed by atoms with Gasteiger partial charge < -0.3 is 10.2 Å². The van der Waals surface area contributed by atoms with Crippen LogP contribution in [0.4, 0.5) is 22.7 Å². The Morgan fingerprint density at radius 1 is 0.857 bits per heavy atom. The number of carbonyl (C=O) groups is 2. The van der Waals surface area contributed by atoms with Gasteiger partial charge in [0.2, 0.25) is 11.8 Å². The zero-order valence-corrected chi connectivity index (χ0v) is 20.3. The van der Waals surface area contributed by atoms with Crippen molar-refractivity contribution in [2.45, 2.75) is 30.9 Å². The van der Waals surface area contributed by atoms with Crippen LogP contribution in [-0.2, 0) is 9.59 Å². The van der Waals surface area contributed by atoms with Gasteiger partial charge in [-0.15, -0.1) is 0 Å². The minimum Gasteiger partial charge on any atom is -0.372 e. The van der Waals surface area contributed by atoms with Gasteiger partial charge in [0.1, 0.15) is 5.25 Å². The summed E-state index contributed by atoms with van der Waals surface area (Å²) in [6, 6.07) is 27.0. The monoisotopic (exact) mass is 484 g/mol. The number of rotatable bonds is 6. The number of benzene rings is 3. The van der Waals surface area contributed by atoms with Gasteiger partial charge in [0.05, 0.1) is 11.4 Å². The lowest BCUT2D eigenvalue weighted by molar-refractivity contribution is -0.121. The normalized spacial score (nSPS) is 19.3. The van der Waals surface area contributed by atoms with Crippen molar-refractivity contribution in [2.24, 2.45) is 4.99 Å². The summed E-state index contributed by atoms with van der Waals surface area (Å²) in [5.41, 5.74) is 3.44. The average Bonchev–Trinajstić information content (AvgIpc) is 3.20. The van der Waals surface area contributed by atoms with Gasteiger partial charge in [-0.3, -0.25) is 14.5 Å². The van der Waals surface area contributed by atoms with Crippen LogP contribution in [0, 0.1) is 0 Å². The Hall–Kier alpha value is -3.58. The van der Waals surface area contributed by atoms with Crippen LogP contribution in [-0.4, -0.2) is 35.3 Å². The van der Waals surface area contributed by atoms with Gasteiger partial charge >= 0.3 is 0 Å². The molecule has 35 heavy (non-hydrogen) atoms. The maximum absolute atomic E-state index is 13.4. The van der Waals surface area contributed by atoms with Crippen molar-refractivity contribution in [3.63, 3.8) is 0 Å². The Morgan fingerprint density at radius 3 is 2.20 bits per heavy atom. The topological polar surface area (TPSA) is 65.0 Å². The van der Waals surface area contributed by atoms with E-state index in [0.29, 0.717) is 5.17 Å². The highest BCUT2D eigenvalue weighted by molar-refractivity contribution is 8.16. The summed E-state index contributed by atoms with van der Waals surface area (Å²) >= 11 is 1.34. The summed E-state index contributed by atoms with van der Waals surface area (Å²) in [5.74, 6) is -0.318. The van der Waals surface area contributed by atoms with Crippen LogP contribution >= 0.6 is 11.8 Å². The molecule has 0 spiro atoms. The number of piperidine rings is 1. The first-order chi connectivity index (χ1) is 17.2. The quantitative estimate of drug-likeness (QED) is 0.477. The molecule has 178 valence electrons. The highest BCUT2D eigenvalue weighted by Crippen LogP contribution is 2.35. The first-order valence-corrected chi connectivity index (χ1v) is 12.9. The third-order valence-corrected chi connectivity index (χ3v) is 7.31. The Labute approximate surface area is 210 Å². The van der Waals surface area contributed by atoms with E-state index in [1.165, 1.54) is 36.7 Å². The van der Waals surface area contributed by atoms with Gasteiger partial charge in [0.25, 0.3) is 0 Å². The van der Waals surface area contributed by atoms with Gasteiger partial charge in [-0.05, 0) is 67.8 Å². The highest BCUT2D eigenvalue weighted by atomic mass is 32.2. The largest absolute Gasteiger partial charge is 0.372 e. The van der Waals surface area contributed by atoms with E-state index in [2.05, 4.69) is 22.3 Å². The molecule has 2 amide bonds. The van der Waals surface area contributed by atoms with Crippen LogP contribution < -0.4 is 15.1 Å². The molecular weight excluding hydrogens is 456 g/mol. The van der Waals surface area contributed by atoms with E-state index < -0.39 is 5.25 Å². The number of amides is 2. The second-order valence-corrected chi connectivity index (χ2v) is 9.86. The van der Waals surface area contributed by atoms with Crippen LogP contribution in [0.2, 0.25) is 0 Å². The molecule has 0 aromatic heterocycles. The summed E-state index contributed by atoms with van der Waals surface area (Å²) in [4.78, 5) is 34.9. The summed E-state index contributed by atoms with van der Waals surface area (Å²) in [6.07, 6.45) is 3.82. The first kappa shape index (κ1) is 23.2. The zero-order chi connectivity index (χ0) is 24.0. The lowest BCUT2D eigenvalue weighted by atomic mass is 10.1. The molecule has 1 atom stereocenters. The fraction of sp³-hybridized carbons (Fsp3) is 0.250. The number of hydrogen-bond donors (Lipinski definition) is 1. The fourth-order valence-corrected chi connectivity index (χ4v) is 5.54. The Bertz CT molecular complexity index is 1190. The number of anilines is 3. The Balaban J connectivity index is 1.28. The van der Waals surface area contributed by atoms with Gasteiger partial charge in [0, 0.05) is 30.9 Å². The number of nitrogens with zero attached hydrogens (tertiary/aromatic N) is 3. The number of amidine groups is 1. The van der Waals surface area contributed by atoms with Crippen molar-refractivity contribution >= 4 is 51.5 Å². The van der Waals surface area contributed by atoms with Gasteiger partial charge in [-0.25, -0.2) is 4.99 Å². The van der Waals surface area contributed by atoms with Crippen molar-refractivity contribution in [3.05, 3.63) is 84.9 Å². The van der Waals surface area contributed by atoms with E-state index in [9.17, 15) is 9.59 Å². The number of carbonyl (C=O) groups excluding carboxylic acids is 2. The van der Waals surface area contributed by atoms with Crippen LogP contribution in [0.5, 0.6) is 0 Å². The van der Waals surface area contributed by atoms with Crippen molar-refractivity contribution < 1.29 is 9.59 Å². The third-order valence-electron chi connectivity index (χ3n) is 6.17. The first-order valence-electron chi connectivity index (χ1n) is 12.0. The van der Waals surface area contributed by atoms with Crippen molar-refractivity contribution in [2.75, 3.05) is 28.2 Å². The molecule has 2 aliphatic rings. The molecule has 5 rings (SSSR count). The van der Waals surface area contributed by atoms with Crippen molar-refractivity contribution in [1.29, 1.82) is 0 Å². The average molecular weight is 485 g/mol. The molecule has 0 radical (unpaired) electrons. The summed E-state index contributed by atoms with van der Waals surface area (Å²) in [6.45, 7) is 2.16. The lowest BCUT2D eigenvalue weighted by Crippen LogP contribution is -2.33. The lowest BCUT2D eigenvalue weighted by Gasteiger charge is -2.28. The van der Waals surface area contributed by atoms with Gasteiger partial charge in [-0.2, -0.15) is 0 Å². The molecule has 1 N–H and O–H groups in total. The molecular formula is C28H28N4O2S. The molecule has 0 bridgehead atoms. The van der Waals surface area contributed by atoms with E-state index in [1.807, 2.05) is 72.8 Å². The SMILES string of the molecule is O=C(CC1SC(=Nc2ccccc2)N(c2ccccc2)C1=O)Nc1ccc(N2CCCCC2)cc1. The van der Waals surface area contributed by atoms with E-state index in [0.717, 1.165) is 30.2 Å². The smallest absolute Gasteiger partial charge is 0.247 e. The van der Waals surface area contributed by atoms with Crippen LogP contribution in [0.1, 0.15) is 25.7 Å². The molecule has 7 heteroatoms. The standard InChI is InChI=1S/C28H28N4O2S/c33-26(29-22-14-16-23(17-15-22)31-18-8-3-9-19-31)20-25-27(34)32(24-12-6-2-7-13-24)28(35-25)30-21-10-4-1-5-11-21/h1-2,4-7,10-17,25H,3,8-9,18-20H2,(H,29,33). The predicted octanol–water partition coefficient (Wildman–Crippen LogP) is 5.84. The van der Waals surface area contributed by atoms with E-state index in [4.69, 9.17) is 4.99 Å². The Kier molecular flexibility index (Phi) is 7.14. The second-order valence-electron chi connectivity index (χ2n) is 8.69. The molecule has 1 unspecified atom stereocenters. The summed E-state index contributed by atoms with van der Waals surface area (Å²) in [7, 11) is 0. The molecule has 2 saturated heterocycles. The predicted molar refractivity (Wildman–Crippen MR) is 145 cm³/mol. The van der Waals surface area contributed by atoms with Crippen molar-refractivity contribution in [1.82, 2.24) is 0 Å². The van der Waals surface area contributed by atoms with Crippen LogP contribution in [0.3, 0.4) is 0 Å². The minimum atomic E-state index is -0.537. The van der Waals surface area contributed by atoms with E-state index in [-0.39, 0.29) is 18.2 Å². The maximum atomic E-state index is 13.4. The molecule has 6 nitrogen and oxygen atoms in total. The van der Waals surface area contributed by atoms with Crippen LogP contribution in [0.25, 0.3) is 0 Å². The molecule has 3 aromatic carbocycles. The molecule has 0 aliphatic carbocycles. The van der Waals surface area contributed by atoms with E-state index in [1.54, 1.807) is 4.90 Å². The van der Waals surface area contributed by atoms with Gasteiger partial charge in [0.15, 0.2) is 5.17 Å². The number of hydrogen-bond acceptors (Lipinski definition) is 5. The van der Waals surface area contributed by atoms with Crippen molar-refractivity contribution in [3.8, 4) is 0 Å². The molecule has 2 aliphatic heterocycles. The second kappa shape index (κ2) is 10.8. The minimum absolute atomic E-state index is 0.0779. The zero-order valence-electron chi connectivity index (χ0n) is 19.5. The maximum Gasteiger partial charge on any atom is 0.247 e. The number of nitrogens with one attached hydrogen (secondary N) is 1. The number of aliphatic imine (C=N–C) groups is 1. The molecule has 2 fully saturated rings. The summed E-state index contributed by atoms with van der Waals surface area (Å²) in [5, 5.41) is 3.00. The summed E-state index contributed by atoms with van der Waals surface area (Å²) < 4.78 is 0. The van der Waals surface area contributed by atoms with E-state index >= 15 is 0 Å². The third kappa shape index (κ3) is 5.57. The molecule has 0 saturated carbocycles. The molecule has 2 heterocycles. The molecule has 3 aromatic rings. The fourth-order valence-electron chi connectivity index (χ4n) is 4.39. The van der Waals surface area contributed by atoms with Gasteiger partial charge in [-0.1, -0.05) is 48.2 Å². The van der Waals surface area contributed by atoms with Crippen LogP contribution in [0.15, 0.2) is 89.9 Å². The highest BCUT2D eigenvalue weighted by Gasteiger charge is 2.40.